The van der Waals surface area contributed by atoms with Crippen molar-refractivity contribution in [2.75, 3.05) is 18.0 Å². The predicted molar refractivity (Wildman–Crippen MR) is 79.9 cm³/mol. The van der Waals surface area contributed by atoms with Crippen LogP contribution in [0.4, 0.5) is 23.7 Å². The van der Waals surface area contributed by atoms with E-state index in [-0.39, 0.29) is 30.8 Å². The highest BCUT2D eigenvalue weighted by molar-refractivity contribution is 6.00. The fourth-order valence-corrected chi connectivity index (χ4v) is 3.53. The smallest absolute Gasteiger partial charge is 0.416 e. The predicted octanol–water partition coefficient (Wildman–Crippen LogP) is 3.13. The van der Waals surface area contributed by atoms with Gasteiger partial charge in [-0.05, 0) is 43.4 Å². The number of likely N-dealkylation sites (tertiary alicyclic amines) is 1. The summed E-state index contributed by atoms with van der Waals surface area (Å²) < 4.78 is 39.3. The molecule has 130 valence electrons. The third-order valence-electron chi connectivity index (χ3n) is 4.63. The molecule has 24 heavy (non-hydrogen) atoms. The van der Waals surface area contributed by atoms with Crippen molar-refractivity contribution in [3.8, 4) is 0 Å². The molecule has 1 fully saturated rings. The summed E-state index contributed by atoms with van der Waals surface area (Å²) in [5.41, 5.74) is -0.379. The first-order valence-electron chi connectivity index (χ1n) is 7.80. The highest BCUT2D eigenvalue weighted by Gasteiger charge is 2.41. The lowest BCUT2D eigenvalue weighted by Gasteiger charge is -2.35. The molecule has 1 N–H and O–H groups in total. The molecule has 3 rings (SSSR count). The van der Waals surface area contributed by atoms with Crippen LogP contribution < -0.4 is 4.90 Å². The van der Waals surface area contributed by atoms with Crippen LogP contribution in [-0.2, 0) is 17.4 Å². The second-order valence-electron chi connectivity index (χ2n) is 6.03. The molecule has 1 aromatic carbocycles. The number of hydrogen-bond acceptors (Lipinski definition) is 2. The summed E-state index contributed by atoms with van der Waals surface area (Å²) in [4.78, 5) is 26.5. The van der Waals surface area contributed by atoms with Gasteiger partial charge in [-0.15, -0.1) is 0 Å². The maximum Gasteiger partial charge on any atom is 0.416 e. The fourth-order valence-electron chi connectivity index (χ4n) is 3.53. The quantitative estimate of drug-likeness (QED) is 0.853. The highest BCUT2D eigenvalue weighted by atomic mass is 19.4. The van der Waals surface area contributed by atoms with E-state index in [0.29, 0.717) is 12.8 Å². The van der Waals surface area contributed by atoms with Gasteiger partial charge in [0.15, 0.2) is 0 Å². The van der Waals surface area contributed by atoms with Crippen molar-refractivity contribution in [2.45, 2.75) is 37.9 Å². The molecule has 0 aliphatic carbocycles. The van der Waals surface area contributed by atoms with Crippen molar-refractivity contribution < 1.29 is 27.9 Å². The molecule has 0 saturated carbocycles. The molecule has 5 nitrogen and oxygen atoms in total. The first-order chi connectivity index (χ1) is 11.3. The molecular formula is C16H17F3N2O3. The standard InChI is InChI=1S/C16H17F3N2O3/c17-16(18,19)11-4-3-6-12-10(11)7-9-20(12)14(22)13-5-1-2-8-21(13)15(23)24/h3-4,6,13H,1-2,5,7-9H2,(H,23,24). The number of nitrogens with zero attached hydrogens (tertiary/aromatic N) is 2. The minimum Gasteiger partial charge on any atom is -0.465 e. The van der Waals surface area contributed by atoms with Crippen molar-refractivity contribution in [2.24, 2.45) is 0 Å². The minimum absolute atomic E-state index is 0.107. The lowest BCUT2D eigenvalue weighted by atomic mass is 10.0. The summed E-state index contributed by atoms with van der Waals surface area (Å²) in [5.74, 6) is -0.435. The number of anilines is 1. The number of amides is 2. The molecule has 1 unspecified atom stereocenters. The van der Waals surface area contributed by atoms with E-state index >= 15 is 0 Å². The SMILES string of the molecule is O=C(C1CCCCN1C(=O)O)N1CCc2c1cccc2C(F)(F)F. The first-order valence-corrected chi connectivity index (χ1v) is 7.80. The van der Waals surface area contributed by atoms with E-state index in [1.165, 1.54) is 17.0 Å². The fraction of sp³-hybridized carbons (Fsp3) is 0.500. The van der Waals surface area contributed by atoms with Crippen LogP contribution in [-0.4, -0.2) is 41.1 Å². The normalized spacial score (nSPS) is 20.9. The summed E-state index contributed by atoms with van der Waals surface area (Å²) in [6.07, 6.45) is -3.71. The zero-order chi connectivity index (χ0) is 17.5. The number of piperidine rings is 1. The maximum atomic E-state index is 13.1. The summed E-state index contributed by atoms with van der Waals surface area (Å²) in [6, 6.07) is 2.96. The first kappa shape index (κ1) is 16.6. The number of rotatable bonds is 1. The molecule has 0 spiro atoms. The van der Waals surface area contributed by atoms with Crippen LogP contribution in [0.25, 0.3) is 0 Å². The van der Waals surface area contributed by atoms with Gasteiger partial charge in [0.25, 0.3) is 0 Å². The number of benzene rings is 1. The van der Waals surface area contributed by atoms with E-state index in [1.54, 1.807) is 0 Å². The molecule has 0 aromatic heterocycles. The van der Waals surface area contributed by atoms with Crippen LogP contribution in [0.3, 0.4) is 0 Å². The number of fused-ring (bicyclic) bond motifs is 1. The average molecular weight is 342 g/mol. The molecular weight excluding hydrogens is 325 g/mol. The third-order valence-corrected chi connectivity index (χ3v) is 4.63. The van der Waals surface area contributed by atoms with Crippen LogP contribution in [0, 0.1) is 0 Å². The van der Waals surface area contributed by atoms with Crippen molar-refractivity contribution >= 4 is 17.7 Å². The highest BCUT2D eigenvalue weighted by Crippen LogP contribution is 2.40. The molecule has 2 aliphatic heterocycles. The summed E-state index contributed by atoms with van der Waals surface area (Å²) in [5, 5.41) is 9.25. The molecule has 1 atom stereocenters. The molecule has 0 radical (unpaired) electrons. The van der Waals surface area contributed by atoms with Crippen molar-refractivity contribution in [3.63, 3.8) is 0 Å². The molecule has 1 aromatic rings. The zero-order valence-corrected chi connectivity index (χ0v) is 12.8. The van der Waals surface area contributed by atoms with Gasteiger partial charge in [0.2, 0.25) is 5.91 Å². The monoisotopic (exact) mass is 342 g/mol. The van der Waals surface area contributed by atoms with Gasteiger partial charge in [0.05, 0.1) is 5.56 Å². The topological polar surface area (TPSA) is 60.9 Å². The van der Waals surface area contributed by atoms with Gasteiger partial charge >= 0.3 is 12.3 Å². The Hall–Kier alpha value is -2.25. The van der Waals surface area contributed by atoms with E-state index in [2.05, 4.69) is 0 Å². The molecule has 0 bridgehead atoms. The number of hydrogen-bond donors (Lipinski definition) is 1. The van der Waals surface area contributed by atoms with Gasteiger partial charge in [-0.25, -0.2) is 4.79 Å². The Kier molecular flexibility index (Phi) is 4.15. The Labute approximate surface area is 136 Å². The number of carbonyl (C=O) groups excluding carboxylic acids is 1. The Bertz CT molecular complexity index is 675. The van der Waals surface area contributed by atoms with Crippen molar-refractivity contribution in [1.29, 1.82) is 0 Å². The summed E-state index contributed by atoms with van der Waals surface area (Å²) >= 11 is 0. The van der Waals surface area contributed by atoms with E-state index in [4.69, 9.17) is 0 Å². The van der Waals surface area contributed by atoms with E-state index in [1.807, 2.05) is 0 Å². The number of alkyl halides is 3. The molecule has 1 saturated heterocycles. The zero-order valence-electron chi connectivity index (χ0n) is 12.8. The molecule has 2 heterocycles. The van der Waals surface area contributed by atoms with Crippen LogP contribution in [0.15, 0.2) is 18.2 Å². The summed E-state index contributed by atoms with van der Waals surface area (Å²) in [6.45, 7) is 0.417. The van der Waals surface area contributed by atoms with Crippen LogP contribution in [0.1, 0.15) is 30.4 Å². The van der Waals surface area contributed by atoms with E-state index in [0.717, 1.165) is 17.4 Å². The average Bonchev–Trinajstić information content (AvgIpc) is 2.97. The van der Waals surface area contributed by atoms with E-state index in [9.17, 15) is 27.9 Å². The van der Waals surface area contributed by atoms with Gasteiger partial charge in [-0.2, -0.15) is 13.2 Å². The lowest BCUT2D eigenvalue weighted by molar-refractivity contribution is -0.138. The summed E-state index contributed by atoms with van der Waals surface area (Å²) in [7, 11) is 0. The number of carboxylic acid groups (broad SMARTS) is 1. The Morgan fingerprint density at radius 3 is 2.58 bits per heavy atom. The Morgan fingerprint density at radius 2 is 1.92 bits per heavy atom. The van der Waals surface area contributed by atoms with Crippen molar-refractivity contribution in [3.05, 3.63) is 29.3 Å². The molecule has 8 heteroatoms. The van der Waals surface area contributed by atoms with Gasteiger partial charge < -0.3 is 10.0 Å². The van der Waals surface area contributed by atoms with Crippen LogP contribution in [0.5, 0.6) is 0 Å². The van der Waals surface area contributed by atoms with Gasteiger partial charge in [-0.1, -0.05) is 6.07 Å². The second kappa shape index (κ2) is 5.99. The third kappa shape index (κ3) is 2.81. The minimum atomic E-state index is -4.47. The van der Waals surface area contributed by atoms with Gasteiger partial charge in [0.1, 0.15) is 6.04 Å². The van der Waals surface area contributed by atoms with E-state index < -0.39 is 29.8 Å². The maximum absolute atomic E-state index is 13.1. The number of halogens is 3. The van der Waals surface area contributed by atoms with Crippen LogP contribution in [0.2, 0.25) is 0 Å². The largest absolute Gasteiger partial charge is 0.465 e. The number of carbonyl (C=O) groups is 2. The molecule has 2 amide bonds. The second-order valence-corrected chi connectivity index (χ2v) is 6.03. The van der Waals surface area contributed by atoms with Gasteiger partial charge in [0, 0.05) is 18.8 Å². The van der Waals surface area contributed by atoms with Crippen LogP contribution >= 0.6 is 0 Å². The Morgan fingerprint density at radius 1 is 1.17 bits per heavy atom. The Balaban J connectivity index is 1.91. The lowest BCUT2D eigenvalue weighted by Crippen LogP contribution is -2.52. The van der Waals surface area contributed by atoms with Crippen molar-refractivity contribution in [1.82, 2.24) is 4.90 Å². The van der Waals surface area contributed by atoms with Gasteiger partial charge in [-0.3, -0.25) is 9.69 Å². The molecule has 2 aliphatic rings.